The van der Waals surface area contributed by atoms with E-state index in [4.69, 9.17) is 9.47 Å². The summed E-state index contributed by atoms with van der Waals surface area (Å²) in [6.07, 6.45) is -4.77. The molecule has 0 aromatic heterocycles. The average molecular weight is 477 g/mol. The van der Waals surface area contributed by atoms with Crippen LogP contribution in [0.3, 0.4) is 0 Å². The number of fused-ring (bicyclic) bond motifs is 1. The van der Waals surface area contributed by atoms with Crippen LogP contribution >= 0.6 is 0 Å². The first kappa shape index (κ1) is 22.5. The van der Waals surface area contributed by atoms with Gasteiger partial charge in [0.2, 0.25) is 12.7 Å². The molecule has 3 aliphatic rings. The molecule has 0 saturated carbocycles. The number of alkyl halides is 3. The van der Waals surface area contributed by atoms with Gasteiger partial charge in [-0.15, -0.1) is 13.2 Å². The smallest absolute Gasteiger partial charge is 0.454 e. The van der Waals surface area contributed by atoms with Gasteiger partial charge in [0.05, 0.1) is 18.2 Å². The third-order valence-corrected chi connectivity index (χ3v) is 6.14. The van der Waals surface area contributed by atoms with Crippen LogP contribution in [0.25, 0.3) is 0 Å². The highest BCUT2D eigenvalue weighted by molar-refractivity contribution is 6.22. The van der Waals surface area contributed by atoms with Crippen LogP contribution in [0.1, 0.15) is 12.0 Å². The van der Waals surface area contributed by atoms with Crippen molar-refractivity contribution in [3.05, 3.63) is 48.0 Å². The Morgan fingerprint density at radius 3 is 2.35 bits per heavy atom. The van der Waals surface area contributed by atoms with E-state index >= 15 is 0 Å². The van der Waals surface area contributed by atoms with Gasteiger partial charge in [-0.3, -0.25) is 19.4 Å². The zero-order chi connectivity index (χ0) is 23.9. The Labute approximate surface area is 193 Å². The molecule has 8 nitrogen and oxygen atoms in total. The first-order valence-corrected chi connectivity index (χ1v) is 10.8. The first-order valence-electron chi connectivity index (χ1n) is 10.8. The molecule has 2 aromatic rings. The van der Waals surface area contributed by atoms with E-state index in [0.29, 0.717) is 13.1 Å². The van der Waals surface area contributed by atoms with Gasteiger partial charge in [0.25, 0.3) is 5.91 Å². The van der Waals surface area contributed by atoms with Crippen molar-refractivity contribution in [1.29, 1.82) is 0 Å². The molecule has 3 heterocycles. The second kappa shape index (κ2) is 8.80. The van der Waals surface area contributed by atoms with Gasteiger partial charge < -0.3 is 14.2 Å². The lowest BCUT2D eigenvalue weighted by atomic mass is 10.1. The second-order valence-corrected chi connectivity index (χ2v) is 8.33. The van der Waals surface area contributed by atoms with E-state index in [1.54, 1.807) is 0 Å². The third-order valence-electron chi connectivity index (χ3n) is 6.14. The van der Waals surface area contributed by atoms with E-state index in [2.05, 4.69) is 9.64 Å². The Bertz CT molecular complexity index is 1080. The Kier molecular flexibility index (Phi) is 5.82. The number of ether oxygens (including phenoxy) is 3. The molecule has 2 fully saturated rings. The highest BCUT2D eigenvalue weighted by Crippen LogP contribution is 2.33. The molecule has 2 aromatic carbocycles. The summed E-state index contributed by atoms with van der Waals surface area (Å²) in [6, 6.07) is 10.0. The highest BCUT2D eigenvalue weighted by atomic mass is 19.4. The predicted molar refractivity (Wildman–Crippen MR) is 113 cm³/mol. The van der Waals surface area contributed by atoms with Crippen molar-refractivity contribution in [2.75, 3.05) is 37.9 Å². The van der Waals surface area contributed by atoms with Crippen molar-refractivity contribution in [2.24, 2.45) is 0 Å². The van der Waals surface area contributed by atoms with Gasteiger partial charge in [0.15, 0.2) is 11.5 Å². The van der Waals surface area contributed by atoms with E-state index in [0.717, 1.165) is 53.7 Å². The Hall–Kier alpha value is -3.31. The SMILES string of the molecule is O=C1C[C@@H](N2CCN(Cc3ccc4c(c3)OCO4)CC2)C(=O)N1c1ccc(OC(F)(F)F)cc1. The molecule has 11 heteroatoms. The number of hydrogen-bond acceptors (Lipinski definition) is 7. The molecule has 3 aliphatic heterocycles. The van der Waals surface area contributed by atoms with Crippen LogP contribution in [0, 0.1) is 0 Å². The van der Waals surface area contributed by atoms with Gasteiger partial charge in [0.1, 0.15) is 5.75 Å². The summed E-state index contributed by atoms with van der Waals surface area (Å²) in [6.45, 7) is 3.68. The number of imide groups is 1. The van der Waals surface area contributed by atoms with E-state index < -0.39 is 18.2 Å². The standard InChI is InChI=1S/C23H22F3N3O5/c24-23(25,26)34-17-4-2-16(3-5-17)29-21(30)12-18(22(29)31)28-9-7-27(8-10-28)13-15-1-6-19-20(11-15)33-14-32-19/h1-6,11,18H,7-10,12-14H2/t18-/m1/s1. The topological polar surface area (TPSA) is 71.6 Å². The molecule has 2 saturated heterocycles. The number of anilines is 1. The first-order chi connectivity index (χ1) is 16.3. The monoisotopic (exact) mass is 477 g/mol. The van der Waals surface area contributed by atoms with E-state index in [1.165, 1.54) is 12.1 Å². The zero-order valence-electron chi connectivity index (χ0n) is 18.1. The molecule has 0 radical (unpaired) electrons. The van der Waals surface area contributed by atoms with Crippen LogP contribution in [0.2, 0.25) is 0 Å². The van der Waals surface area contributed by atoms with Crippen molar-refractivity contribution >= 4 is 17.5 Å². The quantitative estimate of drug-likeness (QED) is 0.614. The molecule has 34 heavy (non-hydrogen) atoms. The maximum atomic E-state index is 13.0. The Balaban J connectivity index is 1.18. The van der Waals surface area contributed by atoms with Crippen LogP contribution < -0.4 is 19.1 Å². The van der Waals surface area contributed by atoms with Crippen LogP contribution in [0.4, 0.5) is 18.9 Å². The number of carbonyl (C=O) groups is 2. The number of halogens is 3. The summed E-state index contributed by atoms with van der Waals surface area (Å²) in [5.74, 6) is 0.334. The van der Waals surface area contributed by atoms with Gasteiger partial charge in [-0.25, -0.2) is 4.90 Å². The zero-order valence-corrected chi connectivity index (χ0v) is 18.1. The van der Waals surface area contributed by atoms with Crippen molar-refractivity contribution in [1.82, 2.24) is 9.80 Å². The molecule has 2 amide bonds. The van der Waals surface area contributed by atoms with Crippen LogP contribution in [0.15, 0.2) is 42.5 Å². The van der Waals surface area contributed by atoms with Gasteiger partial charge >= 0.3 is 6.36 Å². The lowest BCUT2D eigenvalue weighted by Gasteiger charge is -2.37. The molecule has 0 aliphatic carbocycles. The van der Waals surface area contributed by atoms with Gasteiger partial charge in [-0.1, -0.05) is 6.07 Å². The highest BCUT2D eigenvalue weighted by Gasteiger charge is 2.43. The maximum Gasteiger partial charge on any atom is 0.573 e. The molecule has 5 rings (SSSR count). The number of rotatable bonds is 5. The minimum atomic E-state index is -4.81. The molecular weight excluding hydrogens is 455 g/mol. The summed E-state index contributed by atoms with van der Waals surface area (Å²) in [5, 5.41) is 0. The molecule has 0 spiro atoms. The number of benzene rings is 2. The number of piperazine rings is 1. The number of amides is 2. The summed E-state index contributed by atoms with van der Waals surface area (Å²) < 4.78 is 51.7. The molecule has 1 atom stereocenters. The van der Waals surface area contributed by atoms with Gasteiger partial charge in [-0.2, -0.15) is 0 Å². The lowest BCUT2D eigenvalue weighted by molar-refractivity contribution is -0.274. The third kappa shape index (κ3) is 4.66. The minimum Gasteiger partial charge on any atom is -0.454 e. The molecule has 0 bridgehead atoms. The molecular formula is C23H22F3N3O5. The van der Waals surface area contributed by atoms with Gasteiger partial charge in [0, 0.05) is 32.7 Å². The minimum absolute atomic E-state index is 0.0434. The van der Waals surface area contributed by atoms with Crippen LogP contribution in [0.5, 0.6) is 17.2 Å². The molecule has 0 N–H and O–H groups in total. The molecule has 0 unspecified atom stereocenters. The van der Waals surface area contributed by atoms with Crippen LogP contribution in [-0.2, 0) is 16.1 Å². The average Bonchev–Trinajstić information content (AvgIpc) is 3.37. The summed E-state index contributed by atoms with van der Waals surface area (Å²) in [4.78, 5) is 30.9. The fraction of sp³-hybridized carbons (Fsp3) is 0.391. The Morgan fingerprint density at radius 2 is 1.65 bits per heavy atom. The number of hydrogen-bond donors (Lipinski definition) is 0. The van der Waals surface area contributed by atoms with Crippen molar-refractivity contribution < 1.29 is 37.0 Å². The largest absolute Gasteiger partial charge is 0.573 e. The summed E-state index contributed by atoms with van der Waals surface area (Å²) >= 11 is 0. The van der Waals surface area contributed by atoms with E-state index in [9.17, 15) is 22.8 Å². The maximum absolute atomic E-state index is 13.0. The van der Waals surface area contributed by atoms with Crippen molar-refractivity contribution in [2.45, 2.75) is 25.4 Å². The predicted octanol–water partition coefficient (Wildman–Crippen LogP) is 2.76. The van der Waals surface area contributed by atoms with Crippen LogP contribution in [-0.4, -0.2) is 67.0 Å². The summed E-state index contributed by atoms with van der Waals surface area (Å²) in [7, 11) is 0. The van der Waals surface area contributed by atoms with E-state index in [1.807, 2.05) is 23.1 Å². The number of nitrogens with zero attached hydrogens (tertiary/aromatic N) is 3. The molecule has 180 valence electrons. The fourth-order valence-corrected chi connectivity index (χ4v) is 4.50. The normalized spacial score (nSPS) is 21.4. The number of carbonyl (C=O) groups excluding carboxylic acids is 2. The second-order valence-electron chi connectivity index (χ2n) is 8.33. The van der Waals surface area contributed by atoms with Crippen molar-refractivity contribution in [3.8, 4) is 17.2 Å². The lowest BCUT2D eigenvalue weighted by Crippen LogP contribution is -2.52. The Morgan fingerprint density at radius 1 is 0.941 bits per heavy atom. The fourth-order valence-electron chi connectivity index (χ4n) is 4.50. The van der Waals surface area contributed by atoms with Crippen molar-refractivity contribution in [3.63, 3.8) is 0 Å². The summed E-state index contributed by atoms with van der Waals surface area (Å²) in [5.41, 5.74) is 1.34. The van der Waals surface area contributed by atoms with Gasteiger partial charge in [-0.05, 0) is 42.0 Å². The van der Waals surface area contributed by atoms with E-state index in [-0.39, 0.29) is 30.7 Å².